The van der Waals surface area contributed by atoms with Crippen LogP contribution in [0, 0.1) is 0 Å². The zero-order chi connectivity index (χ0) is 16.9. The highest BCUT2D eigenvalue weighted by Crippen LogP contribution is 2.28. The molecule has 0 saturated heterocycles. The van der Waals surface area contributed by atoms with E-state index in [0.717, 1.165) is 11.1 Å². The highest BCUT2D eigenvalue weighted by Gasteiger charge is 2.31. The van der Waals surface area contributed by atoms with E-state index in [1.54, 1.807) is 6.08 Å². The second-order valence-corrected chi connectivity index (χ2v) is 12.0. The number of hydrogen-bond donors (Lipinski definition) is 1. The lowest BCUT2D eigenvalue weighted by atomic mass is 9.89. The Balaban J connectivity index is 2.50. The van der Waals surface area contributed by atoms with Gasteiger partial charge in [-0.3, -0.25) is 0 Å². The van der Waals surface area contributed by atoms with Crippen LogP contribution in [-0.4, -0.2) is 13.2 Å². The molecule has 2 aromatic carbocycles. The van der Waals surface area contributed by atoms with Crippen LogP contribution in [0.5, 0.6) is 0 Å². The normalized spacial score (nSPS) is 14.6. The van der Waals surface area contributed by atoms with Crippen molar-refractivity contribution < 1.29 is 5.11 Å². The summed E-state index contributed by atoms with van der Waals surface area (Å²) in [6, 6.07) is 18.3. The monoisotopic (exact) mass is 322 g/mol. The van der Waals surface area contributed by atoms with Crippen molar-refractivity contribution in [3.63, 3.8) is 0 Å². The molecule has 2 aromatic rings. The third kappa shape index (κ3) is 4.31. The molecule has 0 saturated carbocycles. The Bertz CT molecular complexity index is 682. The number of rotatable bonds is 6. The fourth-order valence-electron chi connectivity index (χ4n) is 2.80. The minimum atomic E-state index is -1.55. The highest BCUT2D eigenvalue weighted by atomic mass is 28.3. The van der Waals surface area contributed by atoms with Gasteiger partial charge in [-0.05, 0) is 17.2 Å². The average Bonchev–Trinajstić information content (AvgIpc) is 2.53. The Morgan fingerprint density at radius 1 is 1.00 bits per heavy atom. The molecular weight excluding hydrogens is 296 g/mol. The smallest absolute Gasteiger partial charge is 0.111 e. The van der Waals surface area contributed by atoms with Gasteiger partial charge in [-0.2, -0.15) is 0 Å². The highest BCUT2D eigenvalue weighted by molar-refractivity contribution is 6.89. The van der Waals surface area contributed by atoms with Crippen LogP contribution in [0.4, 0.5) is 0 Å². The molecule has 0 bridgehead atoms. The Morgan fingerprint density at radius 3 is 2.22 bits per heavy atom. The van der Waals surface area contributed by atoms with E-state index in [-0.39, 0.29) is 0 Å². The van der Waals surface area contributed by atoms with Gasteiger partial charge in [-0.1, -0.05) is 91.6 Å². The lowest BCUT2D eigenvalue weighted by Crippen LogP contribution is -2.44. The summed E-state index contributed by atoms with van der Waals surface area (Å²) in [4.78, 5) is 0. The summed E-state index contributed by atoms with van der Waals surface area (Å²) in [5.74, 6) is 0. The zero-order valence-corrected chi connectivity index (χ0v) is 15.3. The first-order valence-electron chi connectivity index (χ1n) is 8.04. The van der Waals surface area contributed by atoms with Gasteiger partial charge in [0.25, 0.3) is 0 Å². The van der Waals surface area contributed by atoms with Crippen LogP contribution in [0.15, 0.2) is 73.3 Å². The lowest BCUT2D eigenvalue weighted by molar-refractivity contribution is 0.0948. The van der Waals surface area contributed by atoms with Crippen LogP contribution in [0.25, 0.3) is 6.08 Å². The summed E-state index contributed by atoms with van der Waals surface area (Å²) in [6.07, 6.45) is 6.18. The van der Waals surface area contributed by atoms with Crippen molar-refractivity contribution in [2.75, 3.05) is 0 Å². The summed E-state index contributed by atoms with van der Waals surface area (Å²) in [6.45, 7) is 10.8. The quantitative estimate of drug-likeness (QED) is 0.603. The molecule has 0 amide bonds. The lowest BCUT2D eigenvalue weighted by Gasteiger charge is -2.31. The van der Waals surface area contributed by atoms with E-state index in [9.17, 15) is 5.11 Å². The predicted octanol–water partition coefficient (Wildman–Crippen LogP) is 4.71. The SMILES string of the molecule is C=CC[C@@](O)(/C=C/c1ccccc1)c1ccccc1[Si](C)(C)C. The summed E-state index contributed by atoms with van der Waals surface area (Å²) >= 11 is 0. The molecule has 1 N–H and O–H groups in total. The molecular formula is C21H26OSi. The fourth-order valence-corrected chi connectivity index (χ4v) is 4.50. The molecule has 0 unspecified atom stereocenters. The van der Waals surface area contributed by atoms with E-state index in [0.29, 0.717) is 6.42 Å². The molecule has 1 atom stereocenters. The van der Waals surface area contributed by atoms with E-state index in [1.165, 1.54) is 5.19 Å². The van der Waals surface area contributed by atoms with E-state index >= 15 is 0 Å². The van der Waals surface area contributed by atoms with Gasteiger partial charge in [0.15, 0.2) is 0 Å². The number of aliphatic hydroxyl groups is 1. The molecule has 2 rings (SSSR count). The summed E-state index contributed by atoms with van der Waals surface area (Å²) in [5, 5.41) is 12.6. The van der Waals surface area contributed by atoms with E-state index in [4.69, 9.17) is 0 Å². The van der Waals surface area contributed by atoms with Crippen LogP contribution in [-0.2, 0) is 5.60 Å². The summed E-state index contributed by atoms with van der Waals surface area (Å²) < 4.78 is 0. The Morgan fingerprint density at radius 2 is 1.61 bits per heavy atom. The molecule has 0 spiro atoms. The van der Waals surface area contributed by atoms with E-state index in [1.807, 2.05) is 54.6 Å². The first kappa shape index (κ1) is 17.5. The maximum Gasteiger partial charge on any atom is 0.111 e. The summed E-state index contributed by atoms with van der Waals surface area (Å²) in [7, 11) is -1.55. The zero-order valence-electron chi connectivity index (χ0n) is 14.3. The van der Waals surface area contributed by atoms with Crippen molar-refractivity contribution >= 4 is 19.3 Å². The standard InChI is InChI=1S/C21H26OSi/c1-5-16-21(22,17-15-18-11-7-6-8-12-18)19-13-9-10-14-20(19)23(2,3)4/h5-15,17,22H,1,16H2,2-4H3/b17-15+/t21-/m1/s1. The predicted molar refractivity (Wildman–Crippen MR) is 104 cm³/mol. The summed E-state index contributed by atoms with van der Waals surface area (Å²) in [5.41, 5.74) is 1.07. The molecule has 0 aliphatic heterocycles. The van der Waals surface area contributed by atoms with Crippen molar-refractivity contribution in [2.45, 2.75) is 31.7 Å². The second kappa shape index (κ2) is 7.11. The van der Waals surface area contributed by atoms with Crippen LogP contribution in [0.3, 0.4) is 0 Å². The van der Waals surface area contributed by atoms with Crippen LogP contribution in [0.2, 0.25) is 19.6 Å². The second-order valence-electron chi connectivity index (χ2n) is 6.96. The van der Waals surface area contributed by atoms with Crippen LogP contribution in [0.1, 0.15) is 17.5 Å². The van der Waals surface area contributed by atoms with Crippen molar-refractivity contribution in [1.29, 1.82) is 0 Å². The largest absolute Gasteiger partial charge is 0.381 e. The first-order chi connectivity index (χ1) is 10.9. The van der Waals surface area contributed by atoms with Crippen molar-refractivity contribution in [3.8, 4) is 0 Å². The van der Waals surface area contributed by atoms with Gasteiger partial charge < -0.3 is 5.11 Å². The average molecular weight is 323 g/mol. The molecule has 120 valence electrons. The van der Waals surface area contributed by atoms with Gasteiger partial charge in [0, 0.05) is 6.42 Å². The third-order valence-corrected chi connectivity index (χ3v) is 6.06. The maximum absolute atomic E-state index is 11.4. The minimum Gasteiger partial charge on any atom is -0.381 e. The molecule has 0 fully saturated rings. The molecule has 0 aliphatic rings. The van der Waals surface area contributed by atoms with Gasteiger partial charge >= 0.3 is 0 Å². The maximum atomic E-state index is 11.4. The Hall–Kier alpha value is -1.90. The van der Waals surface area contributed by atoms with E-state index < -0.39 is 13.7 Å². The molecule has 1 nitrogen and oxygen atoms in total. The molecule has 2 heteroatoms. The topological polar surface area (TPSA) is 20.2 Å². The fraction of sp³-hybridized carbons (Fsp3) is 0.238. The van der Waals surface area contributed by atoms with Crippen LogP contribution >= 0.6 is 0 Å². The molecule has 23 heavy (non-hydrogen) atoms. The molecule has 0 aliphatic carbocycles. The van der Waals surface area contributed by atoms with Crippen molar-refractivity contribution in [3.05, 3.63) is 84.5 Å². The van der Waals surface area contributed by atoms with Gasteiger partial charge in [0.1, 0.15) is 5.60 Å². The van der Waals surface area contributed by atoms with E-state index in [2.05, 4.69) is 38.4 Å². The molecule has 0 heterocycles. The van der Waals surface area contributed by atoms with Gasteiger partial charge in [-0.25, -0.2) is 0 Å². The molecule has 0 aromatic heterocycles. The Labute approximate surface area is 141 Å². The van der Waals surface area contributed by atoms with Gasteiger partial charge in [0.05, 0.1) is 8.07 Å². The number of hydrogen-bond acceptors (Lipinski definition) is 1. The Kier molecular flexibility index (Phi) is 5.40. The molecule has 0 radical (unpaired) electrons. The van der Waals surface area contributed by atoms with Crippen molar-refractivity contribution in [1.82, 2.24) is 0 Å². The van der Waals surface area contributed by atoms with Crippen molar-refractivity contribution in [2.24, 2.45) is 0 Å². The van der Waals surface area contributed by atoms with Gasteiger partial charge in [0.2, 0.25) is 0 Å². The van der Waals surface area contributed by atoms with Gasteiger partial charge in [-0.15, -0.1) is 6.58 Å². The first-order valence-corrected chi connectivity index (χ1v) is 11.5. The van der Waals surface area contributed by atoms with Crippen LogP contribution < -0.4 is 5.19 Å². The number of benzene rings is 2. The third-order valence-electron chi connectivity index (χ3n) is 4.01. The minimum absolute atomic E-state index is 0.498.